The van der Waals surface area contributed by atoms with E-state index in [0.717, 1.165) is 0 Å². The molecule has 0 aliphatic heterocycles. The van der Waals surface area contributed by atoms with E-state index in [9.17, 15) is 29.1 Å². The second-order valence-corrected chi connectivity index (χ2v) is 8.28. The number of hydrogen-bond donors (Lipinski definition) is 7. The van der Waals surface area contributed by atoms with Crippen molar-refractivity contribution in [3.63, 3.8) is 0 Å². The van der Waals surface area contributed by atoms with Crippen molar-refractivity contribution >= 4 is 54.0 Å². The Labute approximate surface area is 185 Å². The molecule has 0 aromatic rings. The summed E-state index contributed by atoms with van der Waals surface area (Å²) in [7, 11) is 0. The molecule has 172 valence electrons. The summed E-state index contributed by atoms with van der Waals surface area (Å²) < 4.78 is 0. The minimum absolute atomic E-state index is 0.0984. The second kappa shape index (κ2) is 14.1. The van der Waals surface area contributed by atoms with Crippen LogP contribution in [0.2, 0.25) is 0 Å². The third-order valence-corrected chi connectivity index (χ3v) is 5.11. The van der Waals surface area contributed by atoms with Gasteiger partial charge in [-0.3, -0.25) is 19.2 Å². The fourth-order valence-electron chi connectivity index (χ4n) is 2.21. The number of amides is 4. The molecule has 0 aliphatic carbocycles. The van der Waals surface area contributed by atoms with E-state index in [2.05, 4.69) is 28.6 Å². The summed E-state index contributed by atoms with van der Waals surface area (Å²) in [6.45, 7) is 3.48. The van der Waals surface area contributed by atoms with E-state index in [1.807, 2.05) is 0 Å². The van der Waals surface area contributed by atoms with E-state index in [-0.39, 0.29) is 18.1 Å². The van der Waals surface area contributed by atoms with Gasteiger partial charge in [-0.05, 0) is 24.3 Å². The van der Waals surface area contributed by atoms with Crippen LogP contribution in [0.4, 0.5) is 0 Å². The summed E-state index contributed by atoms with van der Waals surface area (Å²) >= 11 is 5.43. The maximum atomic E-state index is 12.5. The van der Waals surface area contributed by atoms with Crippen LogP contribution in [0, 0.1) is 5.92 Å². The summed E-state index contributed by atoms with van der Waals surface area (Å²) in [5.74, 6) is -4.14. The van der Waals surface area contributed by atoms with Gasteiger partial charge < -0.3 is 32.5 Å². The molecule has 4 atom stereocenters. The number of nitrogens with one attached hydrogen (secondary N) is 3. The summed E-state index contributed by atoms with van der Waals surface area (Å²) in [4.78, 5) is 59.8. The lowest BCUT2D eigenvalue weighted by Gasteiger charge is -2.24. The molecule has 8 N–H and O–H groups in total. The highest BCUT2D eigenvalue weighted by molar-refractivity contribution is 7.98. The number of carboxylic acids is 1. The number of carbonyl (C=O) groups excluding carboxylic acids is 4. The van der Waals surface area contributed by atoms with Crippen LogP contribution in [0.15, 0.2) is 0 Å². The highest BCUT2D eigenvalue weighted by atomic mass is 32.2. The first-order chi connectivity index (χ1) is 13.9. The lowest BCUT2D eigenvalue weighted by atomic mass is 10.0. The standard InChI is InChI=1S/C17H31N5O6S2/c1-8(2)13(19)16(26)22-11(7-29)15(25)21-10(6-12(18)23)14(24)20-9(17(27)28)4-5-30-3/h8-11,13,29H,4-7,19H2,1-3H3,(H2,18,23)(H,20,24)(H,21,25)(H,22,26)(H,27,28). The van der Waals surface area contributed by atoms with Crippen molar-refractivity contribution in [1.82, 2.24) is 16.0 Å². The maximum absolute atomic E-state index is 12.5. The third kappa shape index (κ3) is 10.2. The molecule has 0 aromatic carbocycles. The molecule has 0 rings (SSSR count). The van der Waals surface area contributed by atoms with Gasteiger partial charge >= 0.3 is 5.97 Å². The van der Waals surface area contributed by atoms with Crippen LogP contribution in [-0.4, -0.2) is 76.6 Å². The highest BCUT2D eigenvalue weighted by Crippen LogP contribution is 2.04. The van der Waals surface area contributed by atoms with E-state index in [1.165, 1.54) is 11.8 Å². The molecule has 0 radical (unpaired) electrons. The fourth-order valence-corrected chi connectivity index (χ4v) is 2.94. The molecular weight excluding hydrogens is 434 g/mol. The van der Waals surface area contributed by atoms with E-state index in [0.29, 0.717) is 5.75 Å². The topological polar surface area (TPSA) is 194 Å². The lowest BCUT2D eigenvalue weighted by Crippen LogP contribution is -2.58. The molecule has 4 amide bonds. The number of nitrogens with two attached hydrogens (primary N) is 2. The quantitative estimate of drug-likeness (QED) is 0.144. The number of hydrogen-bond acceptors (Lipinski definition) is 8. The third-order valence-electron chi connectivity index (χ3n) is 4.10. The molecule has 11 nitrogen and oxygen atoms in total. The molecule has 0 fully saturated rings. The largest absolute Gasteiger partial charge is 0.480 e. The SMILES string of the molecule is CSCCC(NC(=O)C(CC(N)=O)NC(=O)C(CS)NC(=O)C(N)C(C)C)C(=O)O. The van der Waals surface area contributed by atoms with Crippen molar-refractivity contribution in [3.05, 3.63) is 0 Å². The Bertz CT molecular complexity index is 634. The molecule has 4 unspecified atom stereocenters. The number of primary amides is 1. The Kier molecular flexibility index (Phi) is 13.2. The van der Waals surface area contributed by atoms with Crippen molar-refractivity contribution < 1.29 is 29.1 Å². The van der Waals surface area contributed by atoms with Crippen LogP contribution in [-0.2, 0) is 24.0 Å². The van der Waals surface area contributed by atoms with Gasteiger partial charge in [0.2, 0.25) is 23.6 Å². The van der Waals surface area contributed by atoms with E-state index < -0.39 is 60.2 Å². The molecule has 30 heavy (non-hydrogen) atoms. The van der Waals surface area contributed by atoms with Crippen LogP contribution in [0.5, 0.6) is 0 Å². The van der Waals surface area contributed by atoms with Crippen LogP contribution < -0.4 is 27.4 Å². The van der Waals surface area contributed by atoms with Crippen LogP contribution in [0.1, 0.15) is 26.7 Å². The first-order valence-electron chi connectivity index (χ1n) is 9.22. The predicted octanol–water partition coefficient (Wildman–Crippen LogP) is -1.93. The molecule has 0 spiro atoms. The Morgan fingerprint density at radius 3 is 1.90 bits per heavy atom. The van der Waals surface area contributed by atoms with Crippen LogP contribution >= 0.6 is 24.4 Å². The fraction of sp³-hybridized carbons (Fsp3) is 0.706. The Morgan fingerprint density at radius 2 is 1.47 bits per heavy atom. The smallest absolute Gasteiger partial charge is 0.326 e. The second-order valence-electron chi connectivity index (χ2n) is 6.93. The molecular formula is C17H31N5O6S2. The Morgan fingerprint density at radius 1 is 0.967 bits per heavy atom. The van der Waals surface area contributed by atoms with Gasteiger partial charge in [-0.2, -0.15) is 24.4 Å². The normalized spacial score (nSPS) is 14.9. The first-order valence-corrected chi connectivity index (χ1v) is 11.2. The average Bonchev–Trinajstić information content (AvgIpc) is 2.66. The number of rotatable bonds is 14. The molecule has 0 aromatic heterocycles. The van der Waals surface area contributed by atoms with Gasteiger partial charge in [-0.15, -0.1) is 0 Å². The minimum atomic E-state index is -1.41. The number of thiol groups is 1. The zero-order valence-electron chi connectivity index (χ0n) is 17.2. The number of thioether (sulfide) groups is 1. The first kappa shape index (κ1) is 28.0. The van der Waals surface area contributed by atoms with Gasteiger partial charge in [-0.25, -0.2) is 4.79 Å². The van der Waals surface area contributed by atoms with E-state index in [1.54, 1.807) is 20.1 Å². The Balaban J connectivity index is 5.26. The molecule has 0 aliphatic rings. The van der Waals surface area contributed by atoms with Crippen molar-refractivity contribution in [1.29, 1.82) is 0 Å². The summed E-state index contributed by atoms with van der Waals surface area (Å²) in [6, 6.07) is -4.58. The van der Waals surface area contributed by atoms with Gasteiger partial charge in [0.15, 0.2) is 0 Å². The van der Waals surface area contributed by atoms with Crippen LogP contribution in [0.3, 0.4) is 0 Å². The van der Waals surface area contributed by atoms with Crippen molar-refractivity contribution in [3.8, 4) is 0 Å². The van der Waals surface area contributed by atoms with Crippen molar-refractivity contribution in [2.45, 2.75) is 50.9 Å². The number of aliphatic carboxylic acids is 1. The minimum Gasteiger partial charge on any atom is -0.480 e. The Hall–Kier alpha value is -1.99. The number of carbonyl (C=O) groups is 5. The lowest BCUT2D eigenvalue weighted by molar-refractivity contribution is -0.142. The summed E-state index contributed by atoms with van der Waals surface area (Å²) in [6.07, 6.45) is 1.39. The molecule has 0 saturated heterocycles. The molecule has 0 saturated carbocycles. The van der Waals surface area contributed by atoms with Crippen LogP contribution in [0.25, 0.3) is 0 Å². The maximum Gasteiger partial charge on any atom is 0.326 e. The molecule has 13 heteroatoms. The number of carboxylic acid groups (broad SMARTS) is 1. The van der Waals surface area contributed by atoms with Crippen molar-refractivity contribution in [2.24, 2.45) is 17.4 Å². The summed E-state index contributed by atoms with van der Waals surface area (Å²) in [5, 5.41) is 16.3. The zero-order valence-corrected chi connectivity index (χ0v) is 18.9. The molecule has 0 bridgehead atoms. The van der Waals surface area contributed by atoms with Gasteiger partial charge in [0.1, 0.15) is 18.1 Å². The van der Waals surface area contributed by atoms with E-state index in [4.69, 9.17) is 11.5 Å². The highest BCUT2D eigenvalue weighted by Gasteiger charge is 2.31. The van der Waals surface area contributed by atoms with Gasteiger partial charge in [-0.1, -0.05) is 13.8 Å². The van der Waals surface area contributed by atoms with Gasteiger partial charge in [0.25, 0.3) is 0 Å². The summed E-state index contributed by atoms with van der Waals surface area (Å²) in [5.41, 5.74) is 10.9. The predicted molar refractivity (Wildman–Crippen MR) is 117 cm³/mol. The molecule has 0 heterocycles. The van der Waals surface area contributed by atoms with Gasteiger partial charge in [0.05, 0.1) is 12.5 Å². The van der Waals surface area contributed by atoms with Crippen molar-refractivity contribution in [2.75, 3.05) is 17.8 Å². The monoisotopic (exact) mass is 465 g/mol. The average molecular weight is 466 g/mol. The van der Waals surface area contributed by atoms with E-state index >= 15 is 0 Å². The van der Waals surface area contributed by atoms with Gasteiger partial charge in [0, 0.05) is 5.75 Å². The zero-order chi connectivity index (χ0) is 23.4.